The lowest BCUT2D eigenvalue weighted by atomic mass is 10.1. The Morgan fingerprint density at radius 3 is 2.61 bits per heavy atom. The van der Waals surface area contributed by atoms with Gasteiger partial charge in [-0.15, -0.1) is 0 Å². The van der Waals surface area contributed by atoms with Gasteiger partial charge in [0.05, 0.1) is 6.54 Å². The van der Waals surface area contributed by atoms with Gasteiger partial charge in [0.2, 0.25) is 5.88 Å². The SMILES string of the molecule is Cc1cc(=O)n(Cc2ccccc2)c(O)c1C#N. The van der Waals surface area contributed by atoms with E-state index in [0.717, 1.165) is 5.56 Å². The van der Waals surface area contributed by atoms with Crippen molar-refractivity contribution < 1.29 is 5.11 Å². The van der Waals surface area contributed by atoms with E-state index >= 15 is 0 Å². The predicted molar refractivity (Wildman–Crippen MR) is 67.4 cm³/mol. The van der Waals surface area contributed by atoms with Crippen molar-refractivity contribution in [3.05, 3.63) is 63.4 Å². The molecule has 4 nitrogen and oxygen atoms in total. The monoisotopic (exact) mass is 240 g/mol. The Labute approximate surface area is 104 Å². The number of hydrogen-bond donors (Lipinski definition) is 1. The zero-order valence-corrected chi connectivity index (χ0v) is 9.92. The molecule has 4 heteroatoms. The van der Waals surface area contributed by atoms with Crippen molar-refractivity contribution in [3.8, 4) is 11.9 Å². The van der Waals surface area contributed by atoms with Gasteiger partial charge in [0, 0.05) is 6.07 Å². The average Bonchev–Trinajstić information content (AvgIpc) is 2.36. The molecule has 1 aromatic heterocycles. The predicted octanol–water partition coefficient (Wildman–Crippen LogP) is 1.78. The van der Waals surface area contributed by atoms with Gasteiger partial charge in [-0.1, -0.05) is 30.3 Å². The average molecular weight is 240 g/mol. The van der Waals surface area contributed by atoms with Crippen molar-refractivity contribution in [2.45, 2.75) is 13.5 Å². The number of benzene rings is 1. The van der Waals surface area contributed by atoms with E-state index in [9.17, 15) is 9.90 Å². The fraction of sp³-hybridized carbons (Fsp3) is 0.143. The van der Waals surface area contributed by atoms with Gasteiger partial charge in [-0.25, -0.2) is 0 Å². The van der Waals surface area contributed by atoms with Crippen LogP contribution in [0.1, 0.15) is 16.7 Å². The second-order valence-electron chi connectivity index (χ2n) is 4.05. The van der Waals surface area contributed by atoms with Gasteiger partial charge in [-0.05, 0) is 18.1 Å². The quantitative estimate of drug-likeness (QED) is 0.870. The van der Waals surface area contributed by atoms with Crippen molar-refractivity contribution in [2.75, 3.05) is 0 Å². The summed E-state index contributed by atoms with van der Waals surface area (Å²) < 4.78 is 1.20. The fourth-order valence-corrected chi connectivity index (χ4v) is 1.81. The third-order valence-electron chi connectivity index (χ3n) is 2.77. The molecule has 2 rings (SSSR count). The molecule has 90 valence electrons. The molecule has 0 unspecified atom stereocenters. The Morgan fingerprint density at radius 2 is 2.00 bits per heavy atom. The Bertz CT molecular complexity index is 667. The second kappa shape index (κ2) is 4.76. The first-order valence-corrected chi connectivity index (χ1v) is 5.51. The van der Waals surface area contributed by atoms with Crippen LogP contribution in [0.15, 0.2) is 41.2 Å². The molecule has 1 N–H and O–H groups in total. The van der Waals surface area contributed by atoms with Crippen LogP contribution in [-0.2, 0) is 6.54 Å². The van der Waals surface area contributed by atoms with Crippen LogP contribution in [0.2, 0.25) is 0 Å². The van der Waals surface area contributed by atoms with E-state index in [1.165, 1.54) is 10.6 Å². The summed E-state index contributed by atoms with van der Waals surface area (Å²) in [4.78, 5) is 11.8. The van der Waals surface area contributed by atoms with E-state index in [2.05, 4.69) is 0 Å². The highest BCUT2D eigenvalue weighted by Crippen LogP contribution is 2.18. The summed E-state index contributed by atoms with van der Waals surface area (Å²) in [6.45, 7) is 1.88. The number of rotatable bonds is 2. The molecule has 0 saturated heterocycles. The normalized spacial score (nSPS) is 10.0. The van der Waals surface area contributed by atoms with Crippen molar-refractivity contribution >= 4 is 0 Å². The minimum absolute atomic E-state index is 0.144. The van der Waals surface area contributed by atoms with E-state index in [0.29, 0.717) is 5.56 Å². The first-order valence-electron chi connectivity index (χ1n) is 5.51. The van der Waals surface area contributed by atoms with E-state index < -0.39 is 0 Å². The largest absolute Gasteiger partial charge is 0.493 e. The van der Waals surface area contributed by atoms with Crippen molar-refractivity contribution in [2.24, 2.45) is 0 Å². The van der Waals surface area contributed by atoms with Crippen LogP contribution in [0.4, 0.5) is 0 Å². The van der Waals surface area contributed by atoms with Crippen molar-refractivity contribution in [3.63, 3.8) is 0 Å². The first kappa shape index (κ1) is 11.9. The highest BCUT2D eigenvalue weighted by Gasteiger charge is 2.12. The molecule has 0 spiro atoms. The molecule has 18 heavy (non-hydrogen) atoms. The summed E-state index contributed by atoms with van der Waals surface area (Å²) in [7, 11) is 0. The van der Waals surface area contributed by atoms with Crippen LogP contribution >= 0.6 is 0 Å². The highest BCUT2D eigenvalue weighted by atomic mass is 16.3. The number of nitrogens with zero attached hydrogens (tertiary/aromatic N) is 2. The minimum atomic E-state index is -0.312. The molecular formula is C14H12N2O2. The molecular weight excluding hydrogens is 228 g/mol. The first-order chi connectivity index (χ1) is 8.63. The topological polar surface area (TPSA) is 66.0 Å². The van der Waals surface area contributed by atoms with Crippen LogP contribution < -0.4 is 5.56 Å². The summed E-state index contributed by atoms with van der Waals surface area (Å²) in [5.41, 5.74) is 1.21. The highest BCUT2D eigenvalue weighted by molar-refractivity contribution is 5.44. The van der Waals surface area contributed by atoms with E-state index in [1.807, 2.05) is 36.4 Å². The van der Waals surface area contributed by atoms with Gasteiger partial charge in [0.25, 0.3) is 5.56 Å². The summed E-state index contributed by atoms with van der Waals surface area (Å²) in [5, 5.41) is 18.9. The van der Waals surface area contributed by atoms with E-state index in [1.54, 1.807) is 6.92 Å². The van der Waals surface area contributed by atoms with Gasteiger partial charge in [-0.3, -0.25) is 9.36 Å². The van der Waals surface area contributed by atoms with Gasteiger partial charge in [0.1, 0.15) is 11.6 Å². The van der Waals surface area contributed by atoms with Crippen LogP contribution in [-0.4, -0.2) is 9.67 Å². The molecule has 2 aromatic rings. The summed E-state index contributed by atoms with van der Waals surface area (Å²) in [6.07, 6.45) is 0. The lowest BCUT2D eigenvalue weighted by molar-refractivity contribution is 0.412. The van der Waals surface area contributed by atoms with Crippen molar-refractivity contribution in [1.82, 2.24) is 4.57 Å². The lowest BCUT2D eigenvalue weighted by Crippen LogP contribution is -2.21. The van der Waals surface area contributed by atoms with Gasteiger partial charge >= 0.3 is 0 Å². The number of nitriles is 1. The molecule has 0 bridgehead atoms. The lowest BCUT2D eigenvalue weighted by Gasteiger charge is -2.10. The molecule has 0 aliphatic carbocycles. The van der Waals surface area contributed by atoms with Gasteiger partial charge < -0.3 is 5.11 Å². The maximum atomic E-state index is 11.8. The van der Waals surface area contributed by atoms with Gasteiger partial charge in [0.15, 0.2) is 0 Å². The Hall–Kier alpha value is -2.54. The maximum absolute atomic E-state index is 11.8. The zero-order valence-electron chi connectivity index (χ0n) is 9.92. The number of aromatic nitrogens is 1. The zero-order chi connectivity index (χ0) is 13.1. The third-order valence-corrected chi connectivity index (χ3v) is 2.77. The summed E-state index contributed by atoms with van der Waals surface area (Å²) >= 11 is 0. The second-order valence-corrected chi connectivity index (χ2v) is 4.05. The van der Waals surface area contributed by atoms with Crippen molar-refractivity contribution in [1.29, 1.82) is 5.26 Å². The molecule has 1 aromatic carbocycles. The molecule has 0 radical (unpaired) electrons. The summed E-state index contributed by atoms with van der Waals surface area (Å²) in [6, 6.07) is 12.6. The molecule has 0 atom stereocenters. The molecule has 1 heterocycles. The molecule has 0 aliphatic rings. The minimum Gasteiger partial charge on any atom is -0.493 e. The Morgan fingerprint density at radius 1 is 1.33 bits per heavy atom. The molecule has 0 fully saturated rings. The van der Waals surface area contributed by atoms with Crippen LogP contribution in [0.3, 0.4) is 0 Å². The van der Waals surface area contributed by atoms with Crippen LogP contribution in [0.5, 0.6) is 5.88 Å². The van der Waals surface area contributed by atoms with Crippen LogP contribution in [0, 0.1) is 18.3 Å². The standard InChI is InChI=1S/C14H12N2O2/c1-10-7-13(17)16(14(18)12(10)8-15)9-11-5-3-2-4-6-11/h2-7,18H,9H2,1H3. The molecule has 0 amide bonds. The number of pyridine rings is 1. The fourth-order valence-electron chi connectivity index (χ4n) is 1.81. The maximum Gasteiger partial charge on any atom is 0.253 e. The number of aromatic hydroxyl groups is 1. The third kappa shape index (κ3) is 2.11. The van der Waals surface area contributed by atoms with E-state index in [4.69, 9.17) is 5.26 Å². The molecule has 0 saturated carbocycles. The van der Waals surface area contributed by atoms with Gasteiger partial charge in [-0.2, -0.15) is 5.26 Å². The molecule has 0 aliphatic heterocycles. The number of aryl methyl sites for hydroxylation is 1. The Balaban J connectivity index is 2.53. The smallest absolute Gasteiger partial charge is 0.253 e. The number of hydrogen-bond acceptors (Lipinski definition) is 3. The Kier molecular flexibility index (Phi) is 3.16. The van der Waals surface area contributed by atoms with E-state index in [-0.39, 0.29) is 23.5 Å². The summed E-state index contributed by atoms with van der Waals surface area (Å²) in [5.74, 6) is -0.272. The van der Waals surface area contributed by atoms with Crippen LogP contribution in [0.25, 0.3) is 0 Å².